The molecule has 10 nitrogen and oxygen atoms in total. The summed E-state index contributed by atoms with van der Waals surface area (Å²) >= 11 is 1.39. The molecule has 230 valence electrons. The van der Waals surface area contributed by atoms with Crippen LogP contribution in [0.2, 0.25) is 0 Å². The number of aliphatic carboxylic acids is 1. The van der Waals surface area contributed by atoms with E-state index in [9.17, 15) is 26.2 Å². The molecule has 0 amide bonds. The number of allylic oxidation sites excluding steroid dienone is 5. The van der Waals surface area contributed by atoms with E-state index in [1.165, 1.54) is 41.9 Å². The van der Waals surface area contributed by atoms with Gasteiger partial charge in [-0.25, -0.2) is 17.7 Å². The van der Waals surface area contributed by atoms with Gasteiger partial charge in [0.15, 0.2) is 0 Å². The van der Waals surface area contributed by atoms with Crippen molar-refractivity contribution in [2.24, 2.45) is 0 Å². The zero-order chi connectivity index (χ0) is 31.6. The average molecular weight is 646 g/mol. The van der Waals surface area contributed by atoms with Crippen LogP contribution < -0.4 is 4.90 Å². The fourth-order valence-corrected chi connectivity index (χ4v) is 7.42. The van der Waals surface area contributed by atoms with Crippen molar-refractivity contribution >= 4 is 59.4 Å². The molecule has 0 saturated heterocycles. The fourth-order valence-electron chi connectivity index (χ4n) is 4.99. The van der Waals surface area contributed by atoms with Crippen molar-refractivity contribution in [3.05, 3.63) is 77.0 Å². The summed E-state index contributed by atoms with van der Waals surface area (Å²) in [5, 5.41) is 9.66. The van der Waals surface area contributed by atoms with Gasteiger partial charge in [-0.15, -0.1) is 11.3 Å². The number of anilines is 1. The van der Waals surface area contributed by atoms with E-state index >= 15 is 0 Å². The van der Waals surface area contributed by atoms with Crippen LogP contribution in [0.15, 0.2) is 76.2 Å². The lowest BCUT2D eigenvalue weighted by Gasteiger charge is -2.27. The minimum absolute atomic E-state index is 0.114. The summed E-state index contributed by atoms with van der Waals surface area (Å²) in [5.74, 6) is -0.822. The minimum atomic E-state index is -4.37. The highest BCUT2D eigenvalue weighted by Crippen LogP contribution is 2.48. The van der Waals surface area contributed by atoms with Crippen LogP contribution in [0.5, 0.6) is 0 Å². The number of carboxylic acids is 1. The van der Waals surface area contributed by atoms with E-state index in [4.69, 9.17) is 5.11 Å². The average Bonchev–Trinajstić information content (AvgIpc) is 3.42. The van der Waals surface area contributed by atoms with Gasteiger partial charge in [0.1, 0.15) is 5.01 Å². The lowest BCUT2D eigenvalue weighted by atomic mass is 9.83. The zero-order valence-electron chi connectivity index (χ0n) is 24.4. The van der Waals surface area contributed by atoms with Crippen LogP contribution in [0.4, 0.5) is 5.69 Å². The van der Waals surface area contributed by atoms with Crippen LogP contribution >= 0.6 is 11.3 Å². The first-order chi connectivity index (χ1) is 20.1. The van der Waals surface area contributed by atoms with Gasteiger partial charge < -0.3 is 10.0 Å². The summed E-state index contributed by atoms with van der Waals surface area (Å²) in [5.41, 5.74) is 2.70. The van der Waals surface area contributed by atoms with Gasteiger partial charge in [0.25, 0.3) is 10.1 Å². The van der Waals surface area contributed by atoms with E-state index in [0.29, 0.717) is 18.5 Å². The maximum Gasteiger partial charge on any atom is 0.303 e. The molecule has 0 unspecified atom stereocenters. The molecule has 0 radical (unpaired) electrons. The lowest BCUT2D eigenvalue weighted by molar-refractivity contribution is -0.137. The maximum absolute atomic E-state index is 12.5. The number of sulfonamides is 1. The van der Waals surface area contributed by atoms with Gasteiger partial charge in [0.05, 0.1) is 20.0 Å². The van der Waals surface area contributed by atoms with Gasteiger partial charge in [0.2, 0.25) is 10.0 Å². The highest BCUT2D eigenvalue weighted by Gasteiger charge is 2.40. The Hall–Kier alpha value is -3.36. The van der Waals surface area contributed by atoms with Gasteiger partial charge in [0, 0.05) is 43.9 Å². The molecular formula is C30H35N3O7S3. The second-order valence-corrected chi connectivity index (χ2v) is 15.5. The van der Waals surface area contributed by atoms with Gasteiger partial charge >= 0.3 is 5.97 Å². The Balaban J connectivity index is 1.57. The Morgan fingerprint density at radius 1 is 1.00 bits per heavy atom. The number of thiazole rings is 1. The van der Waals surface area contributed by atoms with Gasteiger partial charge in [-0.3, -0.25) is 9.35 Å². The summed E-state index contributed by atoms with van der Waals surface area (Å²) in [4.78, 5) is 17.6. The molecule has 1 aliphatic rings. The predicted octanol–water partition coefficient (Wildman–Crippen LogP) is 5.69. The van der Waals surface area contributed by atoms with Gasteiger partial charge in [-0.05, 0) is 67.0 Å². The SMILES string of the molecule is CN(C)S(=O)(=O)c1ccc2nc(/C=C/C=C/C=C3/N(CCCCCC(=O)O)c4ccc(S(=O)(=O)O)cc4C3(C)C)sc2c1. The largest absolute Gasteiger partial charge is 0.481 e. The Bertz CT molecular complexity index is 1840. The van der Waals surface area contributed by atoms with Crippen molar-refractivity contribution in [2.45, 2.75) is 54.7 Å². The van der Waals surface area contributed by atoms with Crippen molar-refractivity contribution in [3.63, 3.8) is 0 Å². The van der Waals surface area contributed by atoms with Gasteiger partial charge in [-0.1, -0.05) is 38.5 Å². The summed E-state index contributed by atoms with van der Waals surface area (Å²) in [6, 6.07) is 9.47. The van der Waals surface area contributed by atoms with Crippen LogP contribution in [0.25, 0.3) is 16.3 Å². The zero-order valence-corrected chi connectivity index (χ0v) is 26.8. The molecule has 3 aromatic rings. The number of hydrogen-bond donors (Lipinski definition) is 2. The summed E-state index contributed by atoms with van der Waals surface area (Å²) < 4.78 is 60.2. The first kappa shape index (κ1) is 32.6. The number of hydrogen-bond acceptors (Lipinski definition) is 8. The molecule has 0 bridgehead atoms. The Kier molecular flexibility index (Phi) is 9.62. The Labute approximate surface area is 256 Å². The molecule has 4 rings (SSSR count). The van der Waals surface area contributed by atoms with Crippen molar-refractivity contribution < 1.29 is 31.3 Å². The third kappa shape index (κ3) is 7.24. The number of nitrogens with zero attached hydrogens (tertiary/aromatic N) is 3. The van der Waals surface area contributed by atoms with Crippen LogP contribution in [-0.4, -0.2) is 62.4 Å². The van der Waals surface area contributed by atoms with Gasteiger partial charge in [-0.2, -0.15) is 8.42 Å². The van der Waals surface area contributed by atoms with E-state index in [0.717, 1.165) is 39.5 Å². The number of carbonyl (C=O) groups is 1. The second kappa shape index (κ2) is 12.7. The first-order valence-electron chi connectivity index (χ1n) is 13.6. The van der Waals surface area contributed by atoms with E-state index in [2.05, 4.69) is 9.88 Å². The highest BCUT2D eigenvalue weighted by molar-refractivity contribution is 7.89. The van der Waals surface area contributed by atoms with E-state index in [-0.39, 0.29) is 16.2 Å². The smallest absolute Gasteiger partial charge is 0.303 e. The number of aromatic nitrogens is 1. The molecule has 43 heavy (non-hydrogen) atoms. The molecule has 0 atom stereocenters. The molecule has 0 fully saturated rings. The molecule has 0 saturated carbocycles. The number of benzene rings is 2. The Morgan fingerprint density at radius 3 is 2.40 bits per heavy atom. The predicted molar refractivity (Wildman–Crippen MR) is 169 cm³/mol. The molecule has 2 heterocycles. The van der Waals surface area contributed by atoms with Crippen LogP contribution in [0.1, 0.15) is 50.1 Å². The maximum atomic E-state index is 12.5. The quantitative estimate of drug-likeness (QED) is 0.144. The second-order valence-electron chi connectivity index (χ2n) is 10.9. The van der Waals surface area contributed by atoms with E-state index < -0.39 is 31.5 Å². The number of fused-ring (bicyclic) bond motifs is 2. The van der Waals surface area contributed by atoms with Crippen molar-refractivity contribution in [2.75, 3.05) is 25.5 Å². The number of rotatable bonds is 12. The highest BCUT2D eigenvalue weighted by atomic mass is 32.2. The van der Waals surface area contributed by atoms with E-state index in [1.807, 2.05) is 44.2 Å². The molecule has 0 spiro atoms. The molecule has 2 aromatic carbocycles. The summed E-state index contributed by atoms with van der Waals surface area (Å²) in [6.45, 7) is 4.60. The molecule has 2 N–H and O–H groups in total. The summed E-state index contributed by atoms with van der Waals surface area (Å²) in [7, 11) is -4.93. The number of carboxylic acid groups (broad SMARTS) is 1. The normalized spacial score (nSPS) is 16.3. The fraction of sp³-hybridized carbons (Fsp3) is 0.333. The summed E-state index contributed by atoms with van der Waals surface area (Å²) in [6.07, 6.45) is 11.6. The molecule has 1 aromatic heterocycles. The third-order valence-corrected chi connectivity index (χ3v) is 10.9. The molecular weight excluding hydrogens is 611 g/mol. The standard InChI is InChI=1S/C30H35N3O7S3/c1-30(2)23-19-22(43(38,39)40)15-17-25(23)33(18-10-6-9-13-29(34)35)27(30)11-7-5-8-12-28-31-24-16-14-21(20-26(24)41-28)42(36,37)32(3)4/h5,7-8,11-12,14-17,19-20H,6,9-10,13,18H2,1-4H3,(H,34,35)(H,38,39,40)/b7-5+,12-8+,27-11+. The minimum Gasteiger partial charge on any atom is -0.481 e. The Morgan fingerprint density at radius 2 is 1.72 bits per heavy atom. The molecule has 13 heteroatoms. The van der Waals surface area contributed by atoms with Crippen LogP contribution in [-0.2, 0) is 30.4 Å². The van der Waals surface area contributed by atoms with E-state index in [1.54, 1.807) is 24.3 Å². The first-order valence-corrected chi connectivity index (χ1v) is 17.3. The topological polar surface area (TPSA) is 145 Å². The van der Waals surface area contributed by atoms with Crippen LogP contribution in [0, 0.1) is 0 Å². The number of unbranched alkanes of at least 4 members (excludes halogenated alkanes) is 2. The molecule has 1 aliphatic heterocycles. The van der Waals surface area contributed by atoms with Crippen LogP contribution in [0.3, 0.4) is 0 Å². The van der Waals surface area contributed by atoms with Crippen molar-refractivity contribution in [3.8, 4) is 0 Å². The molecule has 0 aliphatic carbocycles. The lowest BCUT2D eigenvalue weighted by Crippen LogP contribution is -2.27. The monoisotopic (exact) mass is 645 g/mol. The third-order valence-electron chi connectivity index (χ3n) is 7.30. The van der Waals surface area contributed by atoms with Crippen molar-refractivity contribution in [1.82, 2.24) is 9.29 Å². The van der Waals surface area contributed by atoms with Crippen molar-refractivity contribution in [1.29, 1.82) is 0 Å².